The molecule has 0 amide bonds. The molecule has 1 atom stereocenters. The van der Waals surface area contributed by atoms with E-state index in [9.17, 15) is 0 Å². The first-order valence-electron chi connectivity index (χ1n) is 6.20. The van der Waals surface area contributed by atoms with Crippen LogP contribution in [0.4, 0.5) is 5.69 Å². The highest BCUT2D eigenvalue weighted by Crippen LogP contribution is 2.34. The average Bonchev–Trinajstić information content (AvgIpc) is 3.05. The van der Waals surface area contributed by atoms with Gasteiger partial charge in [0.25, 0.3) is 0 Å². The van der Waals surface area contributed by atoms with E-state index in [1.807, 2.05) is 6.92 Å². The number of rotatable bonds is 5. The highest BCUT2D eigenvalue weighted by atomic mass is 16.5. The Morgan fingerprint density at radius 3 is 2.75 bits per heavy atom. The third kappa shape index (κ3) is 2.69. The van der Waals surface area contributed by atoms with Crippen LogP contribution in [0.2, 0.25) is 0 Å². The fourth-order valence-corrected chi connectivity index (χ4v) is 2.03. The van der Waals surface area contributed by atoms with Crippen LogP contribution in [-0.4, -0.2) is 12.6 Å². The van der Waals surface area contributed by atoms with Gasteiger partial charge in [-0.05, 0) is 63.3 Å². The van der Waals surface area contributed by atoms with Crippen molar-refractivity contribution in [1.82, 2.24) is 0 Å². The van der Waals surface area contributed by atoms with Crippen LogP contribution in [0.1, 0.15) is 32.3 Å². The standard InChI is InChI=1S/C14H21NO/c1-4-16-14-8-7-13(9-10(14)2)15-11(3)12-5-6-12/h7-9,11-12,15H,4-6H2,1-3H3. The van der Waals surface area contributed by atoms with Crippen molar-refractivity contribution in [1.29, 1.82) is 0 Å². The second-order valence-electron chi connectivity index (χ2n) is 4.68. The van der Waals surface area contributed by atoms with Gasteiger partial charge in [0.15, 0.2) is 0 Å². The number of hydrogen-bond donors (Lipinski definition) is 1. The van der Waals surface area contributed by atoms with Crippen LogP contribution < -0.4 is 10.1 Å². The first-order valence-corrected chi connectivity index (χ1v) is 6.20. The van der Waals surface area contributed by atoms with Crippen molar-refractivity contribution in [2.75, 3.05) is 11.9 Å². The van der Waals surface area contributed by atoms with E-state index in [4.69, 9.17) is 4.74 Å². The van der Waals surface area contributed by atoms with Gasteiger partial charge in [-0.15, -0.1) is 0 Å². The zero-order chi connectivity index (χ0) is 11.5. The fourth-order valence-electron chi connectivity index (χ4n) is 2.03. The summed E-state index contributed by atoms with van der Waals surface area (Å²) >= 11 is 0. The quantitative estimate of drug-likeness (QED) is 0.817. The molecule has 2 nitrogen and oxygen atoms in total. The van der Waals surface area contributed by atoms with Gasteiger partial charge in [0, 0.05) is 11.7 Å². The summed E-state index contributed by atoms with van der Waals surface area (Å²) in [5.74, 6) is 1.87. The lowest BCUT2D eigenvalue weighted by Crippen LogP contribution is -2.17. The second kappa shape index (κ2) is 4.77. The van der Waals surface area contributed by atoms with Crippen molar-refractivity contribution in [3.8, 4) is 5.75 Å². The average molecular weight is 219 g/mol. The summed E-state index contributed by atoms with van der Waals surface area (Å²) in [4.78, 5) is 0. The van der Waals surface area contributed by atoms with E-state index in [0.29, 0.717) is 6.04 Å². The molecular weight excluding hydrogens is 198 g/mol. The van der Waals surface area contributed by atoms with Crippen LogP contribution in [0.3, 0.4) is 0 Å². The molecule has 0 saturated heterocycles. The van der Waals surface area contributed by atoms with Gasteiger partial charge < -0.3 is 10.1 Å². The van der Waals surface area contributed by atoms with Crippen molar-refractivity contribution in [3.05, 3.63) is 23.8 Å². The van der Waals surface area contributed by atoms with Crippen LogP contribution in [0.15, 0.2) is 18.2 Å². The highest BCUT2D eigenvalue weighted by molar-refractivity contribution is 5.51. The molecule has 1 aromatic rings. The van der Waals surface area contributed by atoms with Gasteiger partial charge in [0.05, 0.1) is 6.61 Å². The van der Waals surface area contributed by atoms with Gasteiger partial charge in [-0.25, -0.2) is 0 Å². The molecule has 16 heavy (non-hydrogen) atoms. The molecule has 0 aliphatic heterocycles. The van der Waals surface area contributed by atoms with E-state index < -0.39 is 0 Å². The molecule has 1 N–H and O–H groups in total. The summed E-state index contributed by atoms with van der Waals surface area (Å²) in [6, 6.07) is 6.93. The molecule has 0 bridgehead atoms. The van der Waals surface area contributed by atoms with Gasteiger partial charge >= 0.3 is 0 Å². The third-order valence-electron chi connectivity index (χ3n) is 3.20. The summed E-state index contributed by atoms with van der Waals surface area (Å²) in [7, 11) is 0. The molecule has 0 heterocycles. The first-order chi connectivity index (χ1) is 7.70. The van der Waals surface area contributed by atoms with Crippen molar-refractivity contribution in [2.24, 2.45) is 5.92 Å². The number of hydrogen-bond acceptors (Lipinski definition) is 2. The Morgan fingerprint density at radius 2 is 2.19 bits per heavy atom. The highest BCUT2D eigenvalue weighted by Gasteiger charge is 2.27. The molecule has 1 fully saturated rings. The number of nitrogens with one attached hydrogen (secondary N) is 1. The van der Waals surface area contributed by atoms with Crippen molar-refractivity contribution >= 4 is 5.69 Å². The number of benzene rings is 1. The summed E-state index contributed by atoms with van der Waals surface area (Å²) in [5.41, 5.74) is 2.41. The fraction of sp³-hybridized carbons (Fsp3) is 0.571. The summed E-state index contributed by atoms with van der Waals surface area (Å²) in [6.07, 6.45) is 2.76. The van der Waals surface area contributed by atoms with E-state index >= 15 is 0 Å². The van der Waals surface area contributed by atoms with Gasteiger partial charge in [-0.3, -0.25) is 0 Å². The number of ether oxygens (including phenoxy) is 1. The minimum Gasteiger partial charge on any atom is -0.494 e. The molecule has 1 saturated carbocycles. The van der Waals surface area contributed by atoms with Crippen molar-refractivity contribution < 1.29 is 4.74 Å². The summed E-state index contributed by atoms with van der Waals surface area (Å²) in [6.45, 7) is 7.11. The minimum atomic E-state index is 0.595. The van der Waals surface area contributed by atoms with Gasteiger partial charge in [-0.1, -0.05) is 0 Å². The Bertz CT molecular complexity index is 358. The minimum absolute atomic E-state index is 0.595. The molecule has 1 aromatic carbocycles. The third-order valence-corrected chi connectivity index (χ3v) is 3.20. The smallest absolute Gasteiger partial charge is 0.122 e. The molecule has 1 aliphatic rings. The van der Waals surface area contributed by atoms with Gasteiger partial charge in [0.1, 0.15) is 5.75 Å². The van der Waals surface area contributed by atoms with Crippen molar-refractivity contribution in [3.63, 3.8) is 0 Å². The van der Waals surface area contributed by atoms with E-state index in [2.05, 4.69) is 37.4 Å². The molecule has 0 radical (unpaired) electrons. The van der Waals surface area contributed by atoms with E-state index in [-0.39, 0.29) is 0 Å². The van der Waals surface area contributed by atoms with Crippen LogP contribution in [0, 0.1) is 12.8 Å². The van der Waals surface area contributed by atoms with E-state index in [1.165, 1.54) is 24.1 Å². The van der Waals surface area contributed by atoms with E-state index in [0.717, 1.165) is 18.3 Å². The zero-order valence-electron chi connectivity index (χ0n) is 10.4. The lowest BCUT2D eigenvalue weighted by Gasteiger charge is -2.16. The van der Waals surface area contributed by atoms with Crippen LogP contribution >= 0.6 is 0 Å². The topological polar surface area (TPSA) is 21.3 Å². The van der Waals surface area contributed by atoms with Crippen LogP contribution in [-0.2, 0) is 0 Å². The zero-order valence-corrected chi connectivity index (χ0v) is 10.4. The first kappa shape index (κ1) is 11.3. The SMILES string of the molecule is CCOc1ccc(NC(C)C2CC2)cc1C. The molecule has 1 aliphatic carbocycles. The molecule has 88 valence electrons. The molecule has 1 unspecified atom stereocenters. The second-order valence-corrected chi connectivity index (χ2v) is 4.68. The number of anilines is 1. The Hall–Kier alpha value is -1.18. The van der Waals surface area contributed by atoms with Crippen molar-refractivity contribution in [2.45, 2.75) is 39.7 Å². The molecule has 0 spiro atoms. The number of aryl methyl sites for hydroxylation is 1. The maximum atomic E-state index is 5.53. The van der Waals surface area contributed by atoms with Crippen LogP contribution in [0.25, 0.3) is 0 Å². The van der Waals surface area contributed by atoms with Crippen LogP contribution in [0.5, 0.6) is 5.75 Å². The lowest BCUT2D eigenvalue weighted by molar-refractivity contribution is 0.338. The lowest BCUT2D eigenvalue weighted by atomic mass is 10.1. The van der Waals surface area contributed by atoms with Gasteiger partial charge in [0.2, 0.25) is 0 Å². The Kier molecular flexibility index (Phi) is 3.37. The maximum Gasteiger partial charge on any atom is 0.122 e. The Morgan fingerprint density at radius 1 is 1.44 bits per heavy atom. The summed E-state index contributed by atoms with van der Waals surface area (Å²) < 4.78 is 5.53. The predicted molar refractivity (Wildman–Crippen MR) is 68.2 cm³/mol. The Balaban J connectivity index is 2.01. The predicted octanol–water partition coefficient (Wildman–Crippen LogP) is 3.60. The monoisotopic (exact) mass is 219 g/mol. The van der Waals surface area contributed by atoms with E-state index in [1.54, 1.807) is 0 Å². The summed E-state index contributed by atoms with van der Waals surface area (Å²) in [5, 5.41) is 3.56. The molecule has 2 rings (SSSR count). The largest absolute Gasteiger partial charge is 0.494 e. The normalized spacial score (nSPS) is 16.9. The maximum absolute atomic E-state index is 5.53. The van der Waals surface area contributed by atoms with Gasteiger partial charge in [-0.2, -0.15) is 0 Å². The molecule has 2 heteroatoms. The molecular formula is C14H21NO. The molecule has 0 aromatic heterocycles. The Labute approximate surface area is 98.0 Å².